The number of aryl methyl sites for hydroxylation is 2. The minimum absolute atomic E-state index is 0.0463. The Bertz CT molecular complexity index is 666. The predicted octanol–water partition coefficient (Wildman–Crippen LogP) is 4.70. The van der Waals surface area contributed by atoms with Crippen molar-refractivity contribution in [1.82, 2.24) is 0 Å². The smallest absolute Gasteiger partial charge is 0.162 e. The Morgan fingerprint density at radius 3 is 2.28 bits per heavy atom. The van der Waals surface area contributed by atoms with Crippen LogP contribution in [-0.4, -0.2) is 25.4 Å². The van der Waals surface area contributed by atoms with Crippen LogP contribution in [0, 0.1) is 5.92 Å². The second kappa shape index (κ2) is 9.69. The first-order chi connectivity index (χ1) is 12.0. The maximum absolute atomic E-state index is 8.89. The lowest BCUT2D eigenvalue weighted by molar-refractivity contribution is 0.196. The topological polar surface area (TPSA) is 38.7 Å². The highest BCUT2D eigenvalue weighted by Crippen LogP contribution is 2.34. The van der Waals surface area contributed by atoms with Crippen LogP contribution < -0.4 is 9.47 Å². The van der Waals surface area contributed by atoms with E-state index in [0.29, 0.717) is 22.4 Å². The van der Waals surface area contributed by atoms with Gasteiger partial charge >= 0.3 is 0 Å². The molecule has 3 nitrogen and oxygen atoms in total. The molecule has 0 aliphatic rings. The van der Waals surface area contributed by atoms with E-state index in [1.807, 2.05) is 6.07 Å². The Hall–Kier alpha value is -1.71. The van der Waals surface area contributed by atoms with Crippen molar-refractivity contribution in [2.24, 2.45) is 5.92 Å². The lowest BCUT2D eigenvalue weighted by atomic mass is 9.99. The number of halogens is 1. The lowest BCUT2D eigenvalue weighted by Gasteiger charge is -2.13. The summed E-state index contributed by atoms with van der Waals surface area (Å²) in [7, 11) is 1.60. The third kappa shape index (κ3) is 5.94. The molecule has 2 aromatic rings. The van der Waals surface area contributed by atoms with Gasteiger partial charge < -0.3 is 14.6 Å². The van der Waals surface area contributed by atoms with Gasteiger partial charge in [0.2, 0.25) is 0 Å². The molecule has 0 aliphatic carbocycles. The van der Waals surface area contributed by atoms with Crippen molar-refractivity contribution in [3.63, 3.8) is 0 Å². The number of ether oxygens (including phenoxy) is 2. The number of aliphatic hydroxyl groups is 1. The van der Waals surface area contributed by atoms with Crippen molar-refractivity contribution in [2.45, 2.75) is 33.1 Å². The van der Waals surface area contributed by atoms with E-state index in [0.717, 1.165) is 24.8 Å². The van der Waals surface area contributed by atoms with E-state index in [4.69, 9.17) is 26.2 Å². The summed E-state index contributed by atoms with van der Waals surface area (Å²) in [5.41, 5.74) is 3.70. The summed E-state index contributed by atoms with van der Waals surface area (Å²) in [5.74, 6) is 1.87. The van der Waals surface area contributed by atoms with Gasteiger partial charge in [-0.3, -0.25) is 0 Å². The molecular formula is C21H27ClO3. The molecule has 0 radical (unpaired) electrons. The third-order valence-corrected chi connectivity index (χ3v) is 4.38. The molecule has 0 spiro atoms. The van der Waals surface area contributed by atoms with Crippen LogP contribution in [-0.2, 0) is 19.3 Å². The average molecular weight is 363 g/mol. The molecule has 0 amide bonds. The third-order valence-electron chi connectivity index (χ3n) is 4.03. The van der Waals surface area contributed by atoms with Gasteiger partial charge in [-0.25, -0.2) is 0 Å². The van der Waals surface area contributed by atoms with E-state index in [9.17, 15) is 0 Å². The van der Waals surface area contributed by atoms with Crippen LogP contribution in [0.1, 0.15) is 30.5 Å². The maximum Gasteiger partial charge on any atom is 0.162 e. The van der Waals surface area contributed by atoms with Crippen molar-refractivity contribution in [3.05, 3.63) is 58.1 Å². The Labute approximate surface area is 155 Å². The fourth-order valence-electron chi connectivity index (χ4n) is 2.79. The van der Waals surface area contributed by atoms with Crippen LogP contribution in [0.3, 0.4) is 0 Å². The Morgan fingerprint density at radius 2 is 1.68 bits per heavy atom. The van der Waals surface area contributed by atoms with E-state index < -0.39 is 0 Å². The molecule has 2 aromatic carbocycles. The molecule has 25 heavy (non-hydrogen) atoms. The van der Waals surface area contributed by atoms with Crippen molar-refractivity contribution < 1.29 is 14.6 Å². The Morgan fingerprint density at radius 1 is 1.00 bits per heavy atom. The van der Waals surface area contributed by atoms with Gasteiger partial charge in [0.1, 0.15) is 6.61 Å². The monoisotopic (exact) mass is 362 g/mol. The average Bonchev–Trinajstić information content (AvgIpc) is 2.59. The van der Waals surface area contributed by atoms with Crippen molar-refractivity contribution in [2.75, 3.05) is 20.3 Å². The van der Waals surface area contributed by atoms with Gasteiger partial charge in [0.25, 0.3) is 0 Å². The van der Waals surface area contributed by atoms with Crippen molar-refractivity contribution in [1.29, 1.82) is 0 Å². The summed E-state index contributed by atoms with van der Waals surface area (Å²) < 4.78 is 10.8. The van der Waals surface area contributed by atoms with E-state index in [-0.39, 0.29) is 13.2 Å². The molecule has 0 saturated carbocycles. The van der Waals surface area contributed by atoms with Crippen LogP contribution in [0.4, 0.5) is 0 Å². The molecule has 0 atom stereocenters. The van der Waals surface area contributed by atoms with E-state index in [1.54, 1.807) is 13.2 Å². The van der Waals surface area contributed by atoms with E-state index >= 15 is 0 Å². The molecule has 0 unspecified atom stereocenters. The molecule has 0 aromatic heterocycles. The standard InChI is InChI=1S/C21H27ClO3/c1-15(2)12-17-6-4-16(5-7-17)8-9-18-13-20(24-3)21(14-19(18)22)25-11-10-23/h4-7,13-15,23H,8-12H2,1-3H3. The van der Waals surface area contributed by atoms with Gasteiger partial charge in [-0.2, -0.15) is 0 Å². The van der Waals surface area contributed by atoms with Crippen LogP contribution in [0.2, 0.25) is 5.02 Å². The fourth-order valence-corrected chi connectivity index (χ4v) is 3.04. The molecule has 4 heteroatoms. The minimum Gasteiger partial charge on any atom is -0.493 e. The summed E-state index contributed by atoms with van der Waals surface area (Å²) in [6, 6.07) is 12.5. The molecule has 0 fully saturated rings. The molecule has 0 bridgehead atoms. The van der Waals surface area contributed by atoms with Gasteiger partial charge in [-0.15, -0.1) is 0 Å². The zero-order chi connectivity index (χ0) is 18.2. The highest BCUT2D eigenvalue weighted by molar-refractivity contribution is 6.31. The highest BCUT2D eigenvalue weighted by atomic mass is 35.5. The molecule has 2 rings (SSSR count). The summed E-state index contributed by atoms with van der Waals surface area (Å²) in [4.78, 5) is 0. The highest BCUT2D eigenvalue weighted by Gasteiger charge is 2.11. The minimum atomic E-state index is -0.0463. The van der Waals surface area contributed by atoms with E-state index in [1.165, 1.54) is 11.1 Å². The number of rotatable bonds is 9. The number of methoxy groups -OCH3 is 1. The summed E-state index contributed by atoms with van der Waals surface area (Å²) in [5, 5.41) is 9.55. The van der Waals surface area contributed by atoms with Crippen LogP contribution in [0.25, 0.3) is 0 Å². The number of hydrogen-bond donors (Lipinski definition) is 1. The number of benzene rings is 2. The molecular weight excluding hydrogens is 336 g/mol. The first-order valence-corrected chi connectivity index (χ1v) is 9.09. The lowest BCUT2D eigenvalue weighted by Crippen LogP contribution is -2.04. The molecule has 0 heterocycles. The maximum atomic E-state index is 8.89. The first kappa shape index (κ1) is 19.6. The normalized spacial score (nSPS) is 11.0. The molecule has 0 saturated heterocycles. The predicted molar refractivity (Wildman–Crippen MR) is 103 cm³/mol. The van der Waals surface area contributed by atoms with Gasteiger partial charge in [0.15, 0.2) is 11.5 Å². The number of aliphatic hydroxyl groups excluding tert-OH is 1. The van der Waals surface area contributed by atoms with Crippen LogP contribution >= 0.6 is 11.6 Å². The summed E-state index contributed by atoms with van der Waals surface area (Å²) in [6.45, 7) is 4.64. The second-order valence-electron chi connectivity index (χ2n) is 6.58. The van der Waals surface area contributed by atoms with E-state index in [2.05, 4.69) is 38.1 Å². The van der Waals surface area contributed by atoms with Gasteiger partial charge in [0, 0.05) is 11.1 Å². The summed E-state index contributed by atoms with van der Waals surface area (Å²) >= 11 is 6.39. The van der Waals surface area contributed by atoms with Gasteiger partial charge in [-0.1, -0.05) is 49.7 Å². The number of hydrogen-bond acceptors (Lipinski definition) is 3. The zero-order valence-electron chi connectivity index (χ0n) is 15.2. The van der Waals surface area contributed by atoms with Crippen molar-refractivity contribution >= 4 is 11.6 Å². The SMILES string of the molecule is COc1cc(CCc2ccc(CC(C)C)cc2)c(Cl)cc1OCCO. The largest absolute Gasteiger partial charge is 0.493 e. The summed E-state index contributed by atoms with van der Waals surface area (Å²) in [6.07, 6.45) is 2.86. The quantitative estimate of drug-likeness (QED) is 0.702. The first-order valence-electron chi connectivity index (χ1n) is 8.71. The molecule has 136 valence electrons. The zero-order valence-corrected chi connectivity index (χ0v) is 16.0. The molecule has 1 N–H and O–H groups in total. The van der Waals surface area contributed by atoms with Crippen LogP contribution in [0.15, 0.2) is 36.4 Å². The Balaban J connectivity index is 2.04. The van der Waals surface area contributed by atoms with Gasteiger partial charge in [0.05, 0.1) is 13.7 Å². The Kier molecular flexibility index (Phi) is 7.60. The van der Waals surface area contributed by atoms with Gasteiger partial charge in [-0.05, 0) is 47.9 Å². The fraction of sp³-hybridized carbons (Fsp3) is 0.429. The van der Waals surface area contributed by atoms with Crippen molar-refractivity contribution in [3.8, 4) is 11.5 Å². The van der Waals surface area contributed by atoms with Crippen LogP contribution in [0.5, 0.6) is 11.5 Å². The second-order valence-corrected chi connectivity index (χ2v) is 6.99. The molecule has 0 aliphatic heterocycles.